The lowest BCUT2D eigenvalue weighted by Crippen LogP contribution is -2.03. The number of hydrogen-bond donors (Lipinski definition) is 0. The van der Waals surface area contributed by atoms with Crippen molar-refractivity contribution in [1.82, 2.24) is 19.1 Å². The molecule has 5 aromatic carbocycles. The molecule has 0 aliphatic rings. The van der Waals surface area contributed by atoms with Gasteiger partial charge < -0.3 is 4.42 Å². The normalized spacial score (nSPS) is 12.0. The minimum absolute atomic E-state index is 0.834. The van der Waals surface area contributed by atoms with E-state index in [-0.39, 0.29) is 0 Å². The number of hydrogen-bond acceptors (Lipinski definition) is 3. The number of aromatic nitrogens is 4. The van der Waals surface area contributed by atoms with Gasteiger partial charge in [0.25, 0.3) is 0 Å². The first kappa shape index (κ1) is 24.3. The molecule has 0 atom stereocenters. The van der Waals surface area contributed by atoms with Crippen molar-refractivity contribution in [2.45, 2.75) is 0 Å². The monoisotopic (exact) mass is 576 g/mol. The van der Waals surface area contributed by atoms with Gasteiger partial charge in [0.1, 0.15) is 28.4 Å². The molecule has 0 spiro atoms. The predicted octanol–water partition coefficient (Wildman–Crippen LogP) is 10.2. The maximum Gasteiger partial charge on any atom is 0.146 e. The van der Waals surface area contributed by atoms with Crippen LogP contribution in [0.2, 0.25) is 0 Å². The molecule has 0 saturated carbocycles. The SMILES string of the molecule is c1cc(-n2c3ccccc3c3cc(-c4ccc5oc6ccccc6c5c4)ccc32)nc(-n2c3ccccc3c3cccnc32)c1. The summed E-state index contributed by atoms with van der Waals surface area (Å²) >= 11 is 0. The molecular formula is C40H24N4O. The summed E-state index contributed by atoms with van der Waals surface area (Å²) in [5.74, 6) is 1.69. The van der Waals surface area contributed by atoms with Crippen LogP contribution in [-0.2, 0) is 0 Å². The van der Waals surface area contributed by atoms with Gasteiger partial charge in [0.05, 0.1) is 16.6 Å². The van der Waals surface area contributed by atoms with Gasteiger partial charge in [-0.1, -0.05) is 72.8 Å². The summed E-state index contributed by atoms with van der Waals surface area (Å²) < 4.78 is 10.5. The Kier molecular flexibility index (Phi) is 4.93. The number of pyridine rings is 2. The zero-order valence-corrected chi connectivity index (χ0v) is 24.1. The van der Waals surface area contributed by atoms with E-state index < -0.39 is 0 Å². The van der Waals surface area contributed by atoms with E-state index in [9.17, 15) is 0 Å². The molecule has 0 bridgehead atoms. The van der Waals surface area contributed by atoms with E-state index in [1.807, 2.05) is 24.4 Å². The Bertz CT molecular complexity index is 2730. The van der Waals surface area contributed by atoms with Gasteiger partial charge in [-0.05, 0) is 77.9 Å². The Balaban J connectivity index is 1.17. The van der Waals surface area contributed by atoms with Crippen LogP contribution in [0.1, 0.15) is 0 Å². The van der Waals surface area contributed by atoms with E-state index in [0.717, 1.165) is 72.3 Å². The van der Waals surface area contributed by atoms with Gasteiger partial charge >= 0.3 is 0 Å². The van der Waals surface area contributed by atoms with Gasteiger partial charge in [-0.15, -0.1) is 0 Å². The van der Waals surface area contributed by atoms with Crippen molar-refractivity contribution in [2.75, 3.05) is 0 Å². The molecule has 0 fully saturated rings. The van der Waals surface area contributed by atoms with E-state index in [0.29, 0.717) is 0 Å². The number of fused-ring (bicyclic) bond motifs is 9. The molecule has 210 valence electrons. The van der Waals surface area contributed by atoms with Crippen LogP contribution in [0.4, 0.5) is 0 Å². The van der Waals surface area contributed by atoms with Crippen molar-refractivity contribution in [3.05, 3.63) is 146 Å². The number of rotatable bonds is 3. The molecule has 5 nitrogen and oxygen atoms in total. The van der Waals surface area contributed by atoms with E-state index in [4.69, 9.17) is 14.4 Å². The molecule has 5 heterocycles. The largest absolute Gasteiger partial charge is 0.456 e. The third-order valence-corrected chi connectivity index (χ3v) is 8.99. The second kappa shape index (κ2) is 9.15. The molecule has 0 saturated heterocycles. The lowest BCUT2D eigenvalue weighted by molar-refractivity contribution is 0.669. The second-order valence-corrected chi connectivity index (χ2v) is 11.5. The van der Waals surface area contributed by atoms with Crippen LogP contribution in [0.5, 0.6) is 0 Å². The molecule has 5 heteroatoms. The highest BCUT2D eigenvalue weighted by Crippen LogP contribution is 2.37. The van der Waals surface area contributed by atoms with Gasteiger partial charge in [0.15, 0.2) is 0 Å². The van der Waals surface area contributed by atoms with E-state index in [2.05, 4.69) is 130 Å². The summed E-state index contributed by atoms with van der Waals surface area (Å²) in [5, 5.41) is 6.92. The fraction of sp³-hybridized carbons (Fsp3) is 0. The minimum atomic E-state index is 0.834. The quantitative estimate of drug-likeness (QED) is 0.210. The standard InChI is InChI=1S/C40H24N4O/c1-5-14-34-27(9-1)30-12-8-22-41-40(30)44(34)39-17-7-16-38(42-39)43-33-13-4-2-10-28(33)31-23-25(18-20-35(31)43)26-19-21-37-32(24-26)29-11-3-6-15-36(29)45-37/h1-24H. The zero-order chi connectivity index (χ0) is 29.5. The average molecular weight is 577 g/mol. The van der Waals surface area contributed by atoms with Crippen molar-refractivity contribution in [1.29, 1.82) is 0 Å². The summed E-state index contributed by atoms with van der Waals surface area (Å²) in [6.45, 7) is 0. The van der Waals surface area contributed by atoms with E-state index in [1.54, 1.807) is 0 Å². The van der Waals surface area contributed by atoms with Crippen LogP contribution in [0, 0.1) is 0 Å². The Hall–Kier alpha value is -6.20. The zero-order valence-electron chi connectivity index (χ0n) is 24.1. The highest BCUT2D eigenvalue weighted by atomic mass is 16.3. The smallest absolute Gasteiger partial charge is 0.146 e. The number of furan rings is 1. The molecule has 10 rings (SSSR count). The second-order valence-electron chi connectivity index (χ2n) is 11.5. The van der Waals surface area contributed by atoms with Crippen LogP contribution in [0.25, 0.3) is 88.4 Å². The first-order valence-corrected chi connectivity index (χ1v) is 15.1. The highest BCUT2D eigenvalue weighted by molar-refractivity contribution is 6.11. The van der Waals surface area contributed by atoms with Crippen LogP contribution < -0.4 is 0 Å². The Morgan fingerprint density at radius 2 is 1.02 bits per heavy atom. The average Bonchev–Trinajstić information content (AvgIpc) is 3.75. The van der Waals surface area contributed by atoms with Crippen molar-refractivity contribution >= 4 is 65.7 Å². The molecule has 5 aromatic heterocycles. The summed E-state index contributed by atoms with van der Waals surface area (Å²) in [6.07, 6.45) is 1.85. The van der Waals surface area contributed by atoms with Crippen molar-refractivity contribution < 1.29 is 4.42 Å². The third-order valence-electron chi connectivity index (χ3n) is 8.99. The topological polar surface area (TPSA) is 48.8 Å². The molecule has 0 unspecified atom stereocenters. The summed E-state index contributed by atoms with van der Waals surface area (Å²) in [5.41, 5.74) is 8.35. The van der Waals surface area contributed by atoms with E-state index >= 15 is 0 Å². The molecule has 0 aliphatic heterocycles. The van der Waals surface area contributed by atoms with Gasteiger partial charge in [0.2, 0.25) is 0 Å². The third kappa shape index (κ3) is 3.49. The predicted molar refractivity (Wildman–Crippen MR) is 183 cm³/mol. The van der Waals surface area contributed by atoms with Gasteiger partial charge in [-0.3, -0.25) is 9.13 Å². The highest BCUT2D eigenvalue weighted by Gasteiger charge is 2.17. The molecule has 0 radical (unpaired) electrons. The van der Waals surface area contributed by atoms with Crippen LogP contribution in [0.15, 0.2) is 150 Å². The lowest BCUT2D eigenvalue weighted by Gasteiger charge is -2.11. The number of benzene rings is 5. The first-order chi connectivity index (χ1) is 22.3. The van der Waals surface area contributed by atoms with Gasteiger partial charge in [-0.2, -0.15) is 0 Å². The maximum absolute atomic E-state index is 6.09. The summed E-state index contributed by atoms with van der Waals surface area (Å²) in [4.78, 5) is 10.0. The number of nitrogens with zero attached hydrogens (tertiary/aromatic N) is 4. The molecular weight excluding hydrogens is 552 g/mol. The molecule has 45 heavy (non-hydrogen) atoms. The molecule has 0 aliphatic carbocycles. The Labute approximate surface area is 257 Å². The maximum atomic E-state index is 6.09. The fourth-order valence-corrected chi connectivity index (χ4v) is 6.99. The molecule has 0 amide bonds. The van der Waals surface area contributed by atoms with Crippen LogP contribution >= 0.6 is 0 Å². The van der Waals surface area contributed by atoms with Gasteiger partial charge in [0, 0.05) is 38.5 Å². The minimum Gasteiger partial charge on any atom is -0.456 e. The Morgan fingerprint density at radius 3 is 1.87 bits per heavy atom. The molecule has 10 aromatic rings. The van der Waals surface area contributed by atoms with Crippen LogP contribution in [0.3, 0.4) is 0 Å². The van der Waals surface area contributed by atoms with Crippen molar-refractivity contribution in [3.8, 4) is 22.8 Å². The lowest BCUT2D eigenvalue weighted by atomic mass is 10.0. The first-order valence-electron chi connectivity index (χ1n) is 15.1. The van der Waals surface area contributed by atoms with Crippen LogP contribution in [-0.4, -0.2) is 19.1 Å². The Morgan fingerprint density at radius 1 is 0.422 bits per heavy atom. The fourth-order valence-electron chi connectivity index (χ4n) is 6.99. The van der Waals surface area contributed by atoms with Crippen molar-refractivity contribution in [3.63, 3.8) is 0 Å². The summed E-state index contributed by atoms with van der Waals surface area (Å²) in [7, 11) is 0. The van der Waals surface area contributed by atoms with E-state index in [1.165, 1.54) is 16.2 Å². The molecule has 0 N–H and O–H groups in total. The van der Waals surface area contributed by atoms with Crippen molar-refractivity contribution in [2.24, 2.45) is 0 Å². The summed E-state index contributed by atoms with van der Waals surface area (Å²) in [6, 6.07) is 48.8. The number of para-hydroxylation sites is 3. The van der Waals surface area contributed by atoms with Gasteiger partial charge in [-0.25, -0.2) is 9.97 Å².